The molecule has 2 N–H and O–H groups in total. The first kappa shape index (κ1) is 16.3. The van der Waals surface area contributed by atoms with Crippen molar-refractivity contribution >= 4 is 38.9 Å². The molecule has 2 aromatic rings. The number of anilines is 2. The molecule has 5 nitrogen and oxygen atoms in total. The van der Waals surface area contributed by atoms with Gasteiger partial charge in [0.15, 0.2) is 0 Å². The van der Waals surface area contributed by atoms with Crippen LogP contribution < -0.4 is 10.0 Å². The highest BCUT2D eigenvalue weighted by atomic mass is 35.5. The summed E-state index contributed by atoms with van der Waals surface area (Å²) in [6.07, 6.45) is 1.03. The molecular weight excluding hydrogens is 324 g/mol. The number of halogens is 1. The van der Waals surface area contributed by atoms with Crippen LogP contribution in [-0.4, -0.2) is 20.6 Å². The second-order valence-electron chi connectivity index (χ2n) is 4.83. The van der Waals surface area contributed by atoms with Crippen LogP contribution in [0.15, 0.2) is 42.5 Å². The van der Waals surface area contributed by atoms with Crippen LogP contribution in [-0.2, 0) is 10.0 Å². The first-order chi connectivity index (χ1) is 10.3. The van der Waals surface area contributed by atoms with Crippen LogP contribution in [0, 0.1) is 6.92 Å². The predicted molar refractivity (Wildman–Crippen MR) is 89.1 cm³/mol. The van der Waals surface area contributed by atoms with E-state index in [9.17, 15) is 13.2 Å². The fraction of sp³-hybridized carbons (Fsp3) is 0.133. The Morgan fingerprint density at radius 3 is 2.45 bits per heavy atom. The SMILES string of the molecule is Cc1ccc(Cl)cc1NC(=O)c1ccccc1NS(C)(=O)=O. The predicted octanol–water partition coefficient (Wildman–Crippen LogP) is 3.27. The molecule has 0 saturated carbocycles. The monoisotopic (exact) mass is 338 g/mol. The minimum Gasteiger partial charge on any atom is -0.322 e. The van der Waals surface area contributed by atoms with Crippen LogP contribution in [0.5, 0.6) is 0 Å². The van der Waals surface area contributed by atoms with Crippen LogP contribution in [0.1, 0.15) is 15.9 Å². The summed E-state index contributed by atoms with van der Waals surface area (Å²) in [6, 6.07) is 11.5. The summed E-state index contributed by atoms with van der Waals surface area (Å²) in [4.78, 5) is 12.4. The lowest BCUT2D eigenvalue weighted by atomic mass is 10.1. The summed E-state index contributed by atoms with van der Waals surface area (Å²) in [5.74, 6) is -0.419. The first-order valence-electron chi connectivity index (χ1n) is 6.40. The number of para-hydroxylation sites is 1. The molecule has 0 heterocycles. The van der Waals surface area contributed by atoms with Gasteiger partial charge in [0.2, 0.25) is 10.0 Å². The van der Waals surface area contributed by atoms with E-state index in [1.807, 2.05) is 6.92 Å². The number of carbonyl (C=O) groups excluding carboxylic acids is 1. The second-order valence-corrected chi connectivity index (χ2v) is 7.02. The number of aryl methyl sites for hydroxylation is 1. The molecule has 0 fully saturated rings. The lowest BCUT2D eigenvalue weighted by molar-refractivity contribution is 0.102. The van der Waals surface area contributed by atoms with E-state index in [1.54, 1.807) is 36.4 Å². The Hall–Kier alpha value is -2.05. The molecule has 116 valence electrons. The van der Waals surface area contributed by atoms with Crippen molar-refractivity contribution in [2.45, 2.75) is 6.92 Å². The van der Waals surface area contributed by atoms with Gasteiger partial charge in [0.25, 0.3) is 5.91 Å². The molecule has 0 aliphatic carbocycles. The Balaban J connectivity index is 2.32. The number of nitrogens with one attached hydrogen (secondary N) is 2. The smallest absolute Gasteiger partial charge is 0.257 e. The molecule has 7 heteroatoms. The van der Waals surface area contributed by atoms with Crippen molar-refractivity contribution in [1.29, 1.82) is 0 Å². The maximum atomic E-state index is 12.4. The van der Waals surface area contributed by atoms with Crippen molar-refractivity contribution in [3.05, 3.63) is 58.6 Å². The average molecular weight is 339 g/mol. The van der Waals surface area contributed by atoms with Gasteiger partial charge in [0, 0.05) is 10.7 Å². The fourth-order valence-corrected chi connectivity index (χ4v) is 2.64. The van der Waals surface area contributed by atoms with Crippen molar-refractivity contribution in [3.8, 4) is 0 Å². The van der Waals surface area contributed by atoms with Crippen LogP contribution in [0.3, 0.4) is 0 Å². The zero-order chi connectivity index (χ0) is 16.3. The van der Waals surface area contributed by atoms with E-state index < -0.39 is 15.9 Å². The Morgan fingerprint density at radius 1 is 1.09 bits per heavy atom. The first-order valence-corrected chi connectivity index (χ1v) is 8.67. The van der Waals surface area contributed by atoms with Gasteiger partial charge in [-0.05, 0) is 36.8 Å². The van der Waals surface area contributed by atoms with Crippen molar-refractivity contribution in [2.24, 2.45) is 0 Å². The van der Waals surface area contributed by atoms with E-state index in [0.717, 1.165) is 11.8 Å². The van der Waals surface area contributed by atoms with E-state index in [4.69, 9.17) is 11.6 Å². The van der Waals surface area contributed by atoms with E-state index in [0.29, 0.717) is 10.7 Å². The Kier molecular flexibility index (Phi) is 4.73. The molecule has 1 amide bonds. The highest BCUT2D eigenvalue weighted by Crippen LogP contribution is 2.23. The van der Waals surface area contributed by atoms with Crippen LogP contribution in [0.4, 0.5) is 11.4 Å². The molecule has 0 radical (unpaired) electrons. The van der Waals surface area contributed by atoms with Gasteiger partial charge in [-0.1, -0.05) is 29.8 Å². The van der Waals surface area contributed by atoms with E-state index in [1.165, 1.54) is 6.07 Å². The molecule has 0 aliphatic heterocycles. The van der Waals surface area contributed by atoms with E-state index >= 15 is 0 Å². The third kappa shape index (κ3) is 4.22. The summed E-state index contributed by atoms with van der Waals surface area (Å²) >= 11 is 5.92. The maximum Gasteiger partial charge on any atom is 0.257 e. The Morgan fingerprint density at radius 2 is 1.77 bits per heavy atom. The molecule has 0 bridgehead atoms. The number of carbonyl (C=O) groups is 1. The fourth-order valence-electron chi connectivity index (χ4n) is 1.89. The molecular formula is C15H15ClN2O3S. The van der Waals surface area contributed by atoms with Gasteiger partial charge in [-0.25, -0.2) is 8.42 Å². The van der Waals surface area contributed by atoms with Crippen LogP contribution in [0.2, 0.25) is 5.02 Å². The third-order valence-electron chi connectivity index (χ3n) is 2.91. The van der Waals surface area contributed by atoms with Crippen LogP contribution >= 0.6 is 11.6 Å². The molecule has 22 heavy (non-hydrogen) atoms. The van der Waals surface area contributed by atoms with Crippen LogP contribution in [0.25, 0.3) is 0 Å². The molecule has 0 unspecified atom stereocenters. The van der Waals surface area contributed by atoms with Gasteiger partial charge in [-0.3, -0.25) is 9.52 Å². The number of benzene rings is 2. The number of hydrogen-bond acceptors (Lipinski definition) is 3. The Bertz CT molecular complexity index is 819. The van der Waals surface area contributed by atoms with Crippen molar-refractivity contribution in [1.82, 2.24) is 0 Å². The average Bonchev–Trinajstić information content (AvgIpc) is 2.41. The highest BCUT2D eigenvalue weighted by Gasteiger charge is 2.14. The van der Waals surface area contributed by atoms with Crippen molar-refractivity contribution in [3.63, 3.8) is 0 Å². The topological polar surface area (TPSA) is 75.3 Å². The lowest BCUT2D eigenvalue weighted by Gasteiger charge is -2.12. The van der Waals surface area contributed by atoms with Gasteiger partial charge < -0.3 is 5.32 Å². The number of amides is 1. The standard InChI is InChI=1S/C15H15ClN2O3S/c1-10-7-8-11(16)9-14(10)17-15(19)12-5-3-4-6-13(12)18-22(2,20)21/h3-9,18H,1-2H3,(H,17,19). The van der Waals surface area contributed by atoms with Gasteiger partial charge in [0.05, 0.1) is 17.5 Å². The number of hydrogen-bond donors (Lipinski definition) is 2. The highest BCUT2D eigenvalue weighted by molar-refractivity contribution is 7.92. The molecule has 0 aromatic heterocycles. The summed E-state index contributed by atoms with van der Waals surface area (Å²) in [6.45, 7) is 1.84. The Labute approximate surface area is 134 Å². The number of sulfonamides is 1. The number of rotatable bonds is 4. The maximum absolute atomic E-state index is 12.4. The second kappa shape index (κ2) is 6.37. The molecule has 2 aromatic carbocycles. The van der Waals surface area contributed by atoms with E-state index in [-0.39, 0.29) is 11.3 Å². The quantitative estimate of drug-likeness (QED) is 0.898. The minimum absolute atomic E-state index is 0.224. The molecule has 0 atom stereocenters. The molecule has 0 saturated heterocycles. The molecule has 2 rings (SSSR count). The summed E-state index contributed by atoms with van der Waals surface area (Å²) in [5, 5.41) is 3.24. The summed E-state index contributed by atoms with van der Waals surface area (Å²) < 4.78 is 25.1. The third-order valence-corrected chi connectivity index (χ3v) is 3.74. The zero-order valence-electron chi connectivity index (χ0n) is 12.1. The lowest BCUT2D eigenvalue weighted by Crippen LogP contribution is -2.17. The summed E-state index contributed by atoms with van der Waals surface area (Å²) in [7, 11) is -3.47. The minimum atomic E-state index is -3.47. The molecule has 0 aliphatic rings. The van der Waals surface area contributed by atoms with E-state index in [2.05, 4.69) is 10.0 Å². The van der Waals surface area contributed by atoms with Crippen molar-refractivity contribution < 1.29 is 13.2 Å². The molecule has 0 spiro atoms. The van der Waals surface area contributed by atoms with Gasteiger partial charge in [0.1, 0.15) is 0 Å². The van der Waals surface area contributed by atoms with Gasteiger partial charge in [-0.15, -0.1) is 0 Å². The van der Waals surface area contributed by atoms with Crippen molar-refractivity contribution in [2.75, 3.05) is 16.3 Å². The normalized spacial score (nSPS) is 11.0. The van der Waals surface area contributed by atoms with Gasteiger partial charge >= 0.3 is 0 Å². The summed E-state index contributed by atoms with van der Waals surface area (Å²) in [5.41, 5.74) is 1.88. The largest absolute Gasteiger partial charge is 0.322 e. The zero-order valence-corrected chi connectivity index (χ0v) is 13.6. The van der Waals surface area contributed by atoms with Gasteiger partial charge in [-0.2, -0.15) is 0 Å².